The predicted octanol–water partition coefficient (Wildman–Crippen LogP) is 3.00. The monoisotopic (exact) mass is 255 g/mol. The maximum atomic E-state index is 12.3. The minimum absolute atomic E-state index is 0.117. The number of nitrogens with zero attached hydrogens (tertiary/aromatic N) is 1. The van der Waals surface area contributed by atoms with Gasteiger partial charge in [0.2, 0.25) is 0 Å². The van der Waals surface area contributed by atoms with Crippen LogP contribution < -0.4 is 0 Å². The van der Waals surface area contributed by atoms with Crippen molar-refractivity contribution in [3.63, 3.8) is 0 Å². The quantitative estimate of drug-likeness (QED) is 0.723. The fourth-order valence-corrected chi connectivity index (χ4v) is 2.08. The van der Waals surface area contributed by atoms with Crippen LogP contribution in [0.1, 0.15) is 54.4 Å². The average molecular weight is 255 g/mol. The first-order valence-corrected chi connectivity index (χ1v) is 6.56. The van der Waals surface area contributed by atoms with Gasteiger partial charge < -0.3 is 4.74 Å². The van der Waals surface area contributed by atoms with Gasteiger partial charge in [-0.05, 0) is 33.6 Å². The van der Waals surface area contributed by atoms with Crippen molar-refractivity contribution in [3.8, 4) is 0 Å². The van der Waals surface area contributed by atoms with Crippen LogP contribution in [0, 0.1) is 5.41 Å². The number of likely N-dealkylation sites (tertiary alicyclic amines) is 1. The van der Waals surface area contributed by atoms with Crippen LogP contribution in [-0.2, 0) is 9.53 Å². The lowest BCUT2D eigenvalue weighted by atomic mass is 9.85. The standard InChI is InChI=1S/C14H25NO3/c1-13(2,3)11(16)10-8-7-9-15(10)12(17)18-14(4,5)6/h10H,7-9H2,1-6H3. The number of Topliss-reactive ketones (excluding diaryl/α,β-unsaturated/α-hetero) is 1. The summed E-state index contributed by atoms with van der Waals surface area (Å²) in [4.78, 5) is 25.9. The van der Waals surface area contributed by atoms with Gasteiger partial charge in [-0.25, -0.2) is 4.79 Å². The molecule has 0 N–H and O–H groups in total. The van der Waals surface area contributed by atoms with Crippen LogP contribution in [0.2, 0.25) is 0 Å². The Morgan fingerprint density at radius 1 is 1.11 bits per heavy atom. The summed E-state index contributed by atoms with van der Waals surface area (Å²) < 4.78 is 5.35. The number of carbonyl (C=O) groups excluding carboxylic acids is 2. The molecule has 1 atom stereocenters. The van der Waals surface area contributed by atoms with Crippen LogP contribution in [0.4, 0.5) is 4.79 Å². The van der Waals surface area contributed by atoms with E-state index in [-0.39, 0.29) is 17.9 Å². The van der Waals surface area contributed by atoms with E-state index in [9.17, 15) is 9.59 Å². The second-order valence-corrected chi connectivity index (χ2v) is 6.95. The van der Waals surface area contributed by atoms with E-state index in [1.165, 1.54) is 0 Å². The summed E-state index contributed by atoms with van der Waals surface area (Å²) in [6, 6.07) is -0.320. The third-order valence-electron chi connectivity index (χ3n) is 2.92. The predicted molar refractivity (Wildman–Crippen MR) is 70.4 cm³/mol. The van der Waals surface area contributed by atoms with Crippen LogP contribution in [0.3, 0.4) is 0 Å². The highest BCUT2D eigenvalue weighted by molar-refractivity contribution is 5.91. The van der Waals surface area contributed by atoms with Crippen LogP contribution in [0.25, 0.3) is 0 Å². The lowest BCUT2D eigenvalue weighted by molar-refractivity contribution is -0.130. The molecule has 1 saturated heterocycles. The molecule has 0 aliphatic carbocycles. The molecule has 1 unspecified atom stereocenters. The molecule has 1 amide bonds. The van der Waals surface area contributed by atoms with E-state index in [1.54, 1.807) is 4.90 Å². The zero-order valence-corrected chi connectivity index (χ0v) is 12.4. The Labute approximate surface area is 110 Å². The molecule has 0 spiro atoms. The lowest BCUT2D eigenvalue weighted by Gasteiger charge is -2.31. The Kier molecular flexibility index (Phi) is 4.08. The SMILES string of the molecule is CC(C)(C)OC(=O)N1CCCC1C(=O)C(C)(C)C. The molecule has 0 saturated carbocycles. The molecule has 1 fully saturated rings. The van der Waals surface area contributed by atoms with Crippen molar-refractivity contribution in [1.29, 1.82) is 0 Å². The second-order valence-electron chi connectivity index (χ2n) is 6.95. The van der Waals surface area contributed by atoms with Crippen molar-refractivity contribution >= 4 is 11.9 Å². The maximum Gasteiger partial charge on any atom is 0.410 e. The molecule has 1 aliphatic rings. The second kappa shape index (κ2) is 4.90. The van der Waals surface area contributed by atoms with Gasteiger partial charge in [-0.2, -0.15) is 0 Å². The highest BCUT2D eigenvalue weighted by Crippen LogP contribution is 2.27. The zero-order chi connectivity index (χ0) is 14.1. The molecule has 1 rings (SSSR count). The average Bonchev–Trinajstić information content (AvgIpc) is 2.60. The Morgan fingerprint density at radius 2 is 1.67 bits per heavy atom. The largest absolute Gasteiger partial charge is 0.444 e. The number of carbonyl (C=O) groups is 2. The van der Waals surface area contributed by atoms with E-state index < -0.39 is 11.0 Å². The van der Waals surface area contributed by atoms with Crippen molar-refractivity contribution in [1.82, 2.24) is 4.90 Å². The third kappa shape index (κ3) is 3.72. The lowest BCUT2D eigenvalue weighted by Crippen LogP contribution is -2.46. The van der Waals surface area contributed by atoms with Crippen molar-refractivity contribution in [2.24, 2.45) is 5.41 Å². The first-order valence-electron chi connectivity index (χ1n) is 6.56. The van der Waals surface area contributed by atoms with Crippen molar-refractivity contribution < 1.29 is 14.3 Å². The number of hydrogen-bond donors (Lipinski definition) is 0. The molecular formula is C14H25NO3. The van der Waals surface area contributed by atoms with Gasteiger partial charge >= 0.3 is 6.09 Å². The summed E-state index contributed by atoms with van der Waals surface area (Å²) >= 11 is 0. The fraction of sp³-hybridized carbons (Fsp3) is 0.857. The Morgan fingerprint density at radius 3 is 2.11 bits per heavy atom. The Bertz CT molecular complexity index is 336. The summed E-state index contributed by atoms with van der Waals surface area (Å²) in [5.74, 6) is 0.117. The zero-order valence-electron chi connectivity index (χ0n) is 12.4. The van der Waals surface area contributed by atoms with E-state index >= 15 is 0 Å². The van der Waals surface area contributed by atoms with E-state index in [1.807, 2.05) is 41.5 Å². The summed E-state index contributed by atoms with van der Waals surface area (Å²) in [7, 11) is 0. The topological polar surface area (TPSA) is 46.6 Å². The number of amides is 1. The minimum Gasteiger partial charge on any atom is -0.444 e. The van der Waals surface area contributed by atoms with Crippen molar-refractivity contribution in [2.45, 2.75) is 66.0 Å². The number of hydrogen-bond acceptors (Lipinski definition) is 3. The molecule has 0 aromatic carbocycles. The molecule has 0 aromatic rings. The smallest absolute Gasteiger partial charge is 0.410 e. The van der Waals surface area contributed by atoms with E-state index in [0.717, 1.165) is 12.8 Å². The molecule has 104 valence electrons. The molecule has 0 radical (unpaired) electrons. The molecule has 4 heteroatoms. The molecule has 1 heterocycles. The number of ketones is 1. The highest BCUT2D eigenvalue weighted by atomic mass is 16.6. The Hall–Kier alpha value is -1.06. The van der Waals surface area contributed by atoms with Crippen LogP contribution in [-0.4, -0.2) is 35.0 Å². The van der Waals surface area contributed by atoms with Gasteiger partial charge in [0.1, 0.15) is 5.60 Å². The van der Waals surface area contributed by atoms with Gasteiger partial charge in [-0.1, -0.05) is 20.8 Å². The third-order valence-corrected chi connectivity index (χ3v) is 2.92. The minimum atomic E-state index is -0.519. The van der Waals surface area contributed by atoms with Gasteiger partial charge in [0.15, 0.2) is 5.78 Å². The Balaban J connectivity index is 2.77. The molecule has 18 heavy (non-hydrogen) atoms. The van der Waals surface area contributed by atoms with Gasteiger partial charge in [-0.15, -0.1) is 0 Å². The molecule has 0 aromatic heterocycles. The van der Waals surface area contributed by atoms with Crippen molar-refractivity contribution in [3.05, 3.63) is 0 Å². The molecule has 1 aliphatic heterocycles. The van der Waals surface area contributed by atoms with E-state index in [4.69, 9.17) is 4.74 Å². The van der Waals surface area contributed by atoms with Gasteiger partial charge in [0.05, 0.1) is 6.04 Å². The molecule has 0 bridgehead atoms. The number of ether oxygens (including phenoxy) is 1. The van der Waals surface area contributed by atoms with Gasteiger partial charge in [0.25, 0.3) is 0 Å². The first-order chi connectivity index (χ1) is 8.02. The van der Waals surface area contributed by atoms with Crippen LogP contribution in [0.5, 0.6) is 0 Å². The van der Waals surface area contributed by atoms with E-state index in [2.05, 4.69) is 0 Å². The molecular weight excluding hydrogens is 230 g/mol. The molecule has 4 nitrogen and oxygen atoms in total. The van der Waals surface area contributed by atoms with Gasteiger partial charge in [0, 0.05) is 12.0 Å². The normalized spacial score (nSPS) is 21.0. The fourth-order valence-electron chi connectivity index (χ4n) is 2.08. The first kappa shape index (κ1) is 15.0. The van der Waals surface area contributed by atoms with E-state index in [0.29, 0.717) is 6.54 Å². The van der Waals surface area contributed by atoms with Crippen LogP contribution in [0.15, 0.2) is 0 Å². The number of rotatable bonds is 1. The maximum absolute atomic E-state index is 12.3. The van der Waals surface area contributed by atoms with Crippen LogP contribution >= 0.6 is 0 Å². The van der Waals surface area contributed by atoms with Gasteiger partial charge in [-0.3, -0.25) is 9.69 Å². The van der Waals surface area contributed by atoms with Crippen molar-refractivity contribution in [2.75, 3.05) is 6.54 Å². The summed E-state index contributed by atoms with van der Waals surface area (Å²) in [5, 5.41) is 0. The summed E-state index contributed by atoms with van der Waals surface area (Å²) in [5.41, 5.74) is -0.940. The summed E-state index contributed by atoms with van der Waals surface area (Å²) in [6.07, 6.45) is 1.24. The summed E-state index contributed by atoms with van der Waals surface area (Å²) in [6.45, 7) is 11.8. The highest BCUT2D eigenvalue weighted by Gasteiger charge is 2.40.